The first kappa shape index (κ1) is 67.7. The molecule has 96 heavy (non-hydrogen) atoms. The molecule has 0 fully saturated rings. The third-order valence-electron chi connectivity index (χ3n) is 18.8. The molecular formula is C88H94N6O2. The number of carboxylic acid groups (broad SMARTS) is 1. The summed E-state index contributed by atoms with van der Waals surface area (Å²) in [7, 11) is 0. The predicted molar refractivity (Wildman–Crippen MR) is 406 cm³/mol. The molecule has 0 spiro atoms. The van der Waals surface area contributed by atoms with Crippen LogP contribution in [0.3, 0.4) is 0 Å². The van der Waals surface area contributed by atoms with Gasteiger partial charge in [0.15, 0.2) is 0 Å². The van der Waals surface area contributed by atoms with Gasteiger partial charge in [0.1, 0.15) is 11.6 Å². The van der Waals surface area contributed by atoms with Crippen molar-refractivity contribution >= 4 is 86.3 Å². The van der Waals surface area contributed by atoms with Crippen molar-refractivity contribution in [3.8, 4) is 40.2 Å². The number of anilines is 3. The van der Waals surface area contributed by atoms with Gasteiger partial charge in [-0.25, -0.2) is 14.8 Å². The second kappa shape index (κ2) is 27.9. The SMILES string of the molecule is CCCCCCc1ccc(N(c2ccc(CCCCCC)cc2)c2c3nc(c(-c4cc(C(C)(C)C)cc(C(C)(C)C)c4)c4ccc([nH]4)c(C#Cc4ccc(/C=C(\C#N)C(=O)O)c5ccccc45)c4nc(c(-c5cc(C(C)(C)C)cc(C(C)(C)C)c5)c5ccc2[nH]5)C=C4)C=C3)cc1. The van der Waals surface area contributed by atoms with E-state index in [0.29, 0.717) is 16.8 Å². The number of rotatable bonds is 17. The highest BCUT2D eigenvalue weighted by Gasteiger charge is 2.28. The van der Waals surface area contributed by atoms with Crippen molar-refractivity contribution in [3.63, 3.8) is 0 Å². The van der Waals surface area contributed by atoms with Crippen LogP contribution in [0.1, 0.15) is 221 Å². The zero-order valence-corrected chi connectivity index (χ0v) is 59.0. The molecule has 0 saturated carbocycles. The number of nitrogens with one attached hydrogen (secondary N) is 2. The molecule has 0 unspecified atom stereocenters. The molecule has 8 nitrogen and oxygen atoms in total. The Kier molecular flexibility index (Phi) is 19.7. The van der Waals surface area contributed by atoms with E-state index in [1.807, 2.05) is 42.5 Å². The third-order valence-corrected chi connectivity index (χ3v) is 18.8. The lowest BCUT2D eigenvalue weighted by atomic mass is 9.78. The molecule has 8 bridgehead atoms. The number of nitrogens with zero attached hydrogens (tertiary/aromatic N) is 4. The Morgan fingerprint density at radius 2 is 0.927 bits per heavy atom. The molecule has 0 amide bonds. The quantitative estimate of drug-likeness (QED) is 0.0361. The monoisotopic (exact) mass is 1270 g/mol. The van der Waals surface area contributed by atoms with Crippen LogP contribution in [0.15, 0.2) is 151 Å². The Balaban J connectivity index is 1.28. The fraction of sp³-hybridized carbons (Fsp3) is 0.318. The molecule has 3 aromatic heterocycles. The minimum atomic E-state index is -1.28. The summed E-state index contributed by atoms with van der Waals surface area (Å²) in [5.74, 6) is 6.00. The Labute approximate surface area is 570 Å². The van der Waals surface area contributed by atoms with Crippen LogP contribution >= 0.6 is 0 Å². The summed E-state index contributed by atoms with van der Waals surface area (Å²) in [5, 5.41) is 21.3. The van der Waals surface area contributed by atoms with E-state index in [0.717, 1.165) is 120 Å². The van der Waals surface area contributed by atoms with Crippen LogP contribution in [0.4, 0.5) is 17.1 Å². The highest BCUT2D eigenvalue weighted by Crippen LogP contribution is 2.45. The molecule has 8 heteroatoms. The molecular weight excluding hydrogens is 1170 g/mol. The number of aromatic nitrogens is 4. The zero-order valence-electron chi connectivity index (χ0n) is 59.0. The Morgan fingerprint density at radius 1 is 0.490 bits per heavy atom. The van der Waals surface area contributed by atoms with E-state index in [-0.39, 0.29) is 27.2 Å². The molecule has 5 heterocycles. The molecule has 488 valence electrons. The minimum Gasteiger partial charge on any atom is -0.477 e. The van der Waals surface area contributed by atoms with Gasteiger partial charge in [0.25, 0.3) is 0 Å². The van der Waals surface area contributed by atoms with Crippen molar-refractivity contribution < 1.29 is 9.90 Å². The maximum atomic E-state index is 12.1. The van der Waals surface area contributed by atoms with Crippen molar-refractivity contribution in [2.24, 2.45) is 0 Å². The molecule has 0 radical (unpaired) electrons. The smallest absolute Gasteiger partial charge is 0.346 e. The molecule has 0 atom stereocenters. The maximum absolute atomic E-state index is 12.1. The van der Waals surface area contributed by atoms with E-state index in [9.17, 15) is 15.2 Å². The van der Waals surface area contributed by atoms with E-state index >= 15 is 0 Å². The average Bonchev–Trinajstić information content (AvgIpc) is 1.53. The molecule has 0 saturated heterocycles. The topological polar surface area (TPSA) is 122 Å². The Bertz CT molecular complexity index is 4610. The van der Waals surface area contributed by atoms with Crippen molar-refractivity contribution in [2.45, 2.75) is 183 Å². The summed E-state index contributed by atoms with van der Waals surface area (Å²) in [4.78, 5) is 34.3. The van der Waals surface area contributed by atoms with E-state index in [1.165, 1.54) is 78.0 Å². The largest absolute Gasteiger partial charge is 0.477 e. The average molecular weight is 1270 g/mol. The third kappa shape index (κ3) is 15.0. The second-order valence-corrected chi connectivity index (χ2v) is 30.3. The van der Waals surface area contributed by atoms with Crippen LogP contribution in [-0.2, 0) is 39.3 Å². The summed E-state index contributed by atoms with van der Waals surface area (Å²) in [5.41, 5.74) is 22.1. The van der Waals surface area contributed by atoms with Crippen molar-refractivity contribution in [3.05, 3.63) is 224 Å². The van der Waals surface area contributed by atoms with Gasteiger partial charge in [-0.1, -0.05) is 238 Å². The van der Waals surface area contributed by atoms with Crippen LogP contribution < -0.4 is 4.90 Å². The lowest BCUT2D eigenvalue weighted by molar-refractivity contribution is -0.132. The normalized spacial score (nSPS) is 12.7. The van der Waals surface area contributed by atoms with Crippen LogP contribution in [0, 0.1) is 23.2 Å². The molecule has 2 aliphatic rings. The first-order valence-electron chi connectivity index (χ1n) is 34.7. The van der Waals surface area contributed by atoms with Gasteiger partial charge in [-0.2, -0.15) is 5.26 Å². The number of aryl methyl sites for hydroxylation is 2. The first-order chi connectivity index (χ1) is 45.8. The first-order valence-corrected chi connectivity index (χ1v) is 34.7. The lowest BCUT2D eigenvalue weighted by Gasteiger charge is -2.27. The number of benzene rings is 6. The molecule has 0 aliphatic carbocycles. The van der Waals surface area contributed by atoms with Crippen molar-refractivity contribution in [1.82, 2.24) is 19.9 Å². The number of aromatic amines is 2. The Morgan fingerprint density at radius 3 is 1.40 bits per heavy atom. The number of aliphatic carboxylic acids is 1. The second-order valence-electron chi connectivity index (χ2n) is 30.3. The summed E-state index contributed by atoms with van der Waals surface area (Å²) < 4.78 is 0. The van der Waals surface area contributed by atoms with Gasteiger partial charge in [-0.3, -0.25) is 0 Å². The van der Waals surface area contributed by atoms with Gasteiger partial charge in [-0.05, 0) is 193 Å². The predicted octanol–water partition coefficient (Wildman–Crippen LogP) is 23.4. The molecule has 3 N–H and O–H groups in total. The highest BCUT2D eigenvalue weighted by atomic mass is 16.4. The van der Waals surface area contributed by atoms with Gasteiger partial charge in [0, 0.05) is 39.1 Å². The number of hydrogen-bond donors (Lipinski definition) is 3. The van der Waals surface area contributed by atoms with Gasteiger partial charge in [-0.15, -0.1) is 0 Å². The van der Waals surface area contributed by atoms with Gasteiger partial charge >= 0.3 is 5.97 Å². The Hall–Kier alpha value is -9.76. The molecule has 11 rings (SSSR count). The summed E-state index contributed by atoms with van der Waals surface area (Å²) in [6.45, 7) is 32.0. The van der Waals surface area contributed by atoms with E-state index < -0.39 is 5.97 Å². The van der Waals surface area contributed by atoms with Crippen LogP contribution in [0.2, 0.25) is 0 Å². The lowest BCUT2D eigenvalue weighted by Crippen LogP contribution is -2.16. The number of fused-ring (bicyclic) bond motifs is 9. The molecule has 6 aromatic carbocycles. The summed E-state index contributed by atoms with van der Waals surface area (Å²) >= 11 is 0. The van der Waals surface area contributed by atoms with E-state index in [1.54, 1.807) is 0 Å². The van der Waals surface area contributed by atoms with Crippen molar-refractivity contribution in [2.75, 3.05) is 4.90 Å². The maximum Gasteiger partial charge on any atom is 0.346 e. The van der Waals surface area contributed by atoms with Gasteiger partial charge < -0.3 is 20.0 Å². The fourth-order valence-electron chi connectivity index (χ4n) is 13.0. The molecule has 2 aliphatic heterocycles. The highest BCUT2D eigenvalue weighted by molar-refractivity contribution is 6.03. The number of H-pyrrole nitrogens is 2. The van der Waals surface area contributed by atoms with Crippen LogP contribution in [-0.4, -0.2) is 31.0 Å². The van der Waals surface area contributed by atoms with E-state index in [4.69, 9.17) is 9.97 Å². The van der Waals surface area contributed by atoms with Crippen LogP contribution in [0.25, 0.3) is 85.5 Å². The van der Waals surface area contributed by atoms with E-state index in [2.05, 4.69) is 257 Å². The summed E-state index contributed by atoms with van der Waals surface area (Å²) in [6, 6.07) is 54.8. The fourth-order valence-corrected chi connectivity index (χ4v) is 13.0. The summed E-state index contributed by atoms with van der Waals surface area (Å²) in [6.07, 6.45) is 21.8. The van der Waals surface area contributed by atoms with Gasteiger partial charge in [0.05, 0.1) is 45.1 Å². The number of unbranched alkanes of at least 4 members (excludes halogenated alkanes) is 6. The van der Waals surface area contributed by atoms with Crippen molar-refractivity contribution in [1.29, 1.82) is 5.26 Å². The van der Waals surface area contributed by atoms with Gasteiger partial charge in [0.2, 0.25) is 0 Å². The number of carbonyl (C=O) groups is 1. The number of hydrogen-bond acceptors (Lipinski definition) is 5. The minimum absolute atomic E-state index is 0.174. The standard InChI is InChI=1S/C88H94N6O2/c1-15-17-19-21-25-57-29-36-68(37-30-57)94(69-38-31-58(32-39-69)26-22-20-18-16-2)83-79-47-45-77(92-79)81(61-50-64(85(3,4)5)54-65(51-61)86(6,7)8)75-43-41-73(90-75)72(40-35-59-33-34-60(49-63(56-89)84(95)96)71-28-24-23-27-70(59)71)74-42-44-76(91-74)82(78-46-48-80(83)93-78)62-52-66(87(9,10)11)55-67(53-62)88(12,13)14/h23-24,27-34,36-39,41-55,90,93H,15-22,25-26H2,1-14H3,(H,95,96)/b63-49+,73-72?,74-72?,81-75?,81-77?,82-76?,82-78?,83-79?,83-80?. The molecule has 9 aromatic rings. The van der Waals surface area contributed by atoms with Crippen LogP contribution in [0.5, 0.6) is 0 Å². The number of nitriles is 1. The number of carboxylic acids is 1. The zero-order chi connectivity index (χ0) is 68.3.